The summed E-state index contributed by atoms with van der Waals surface area (Å²) >= 11 is 0. The van der Waals surface area contributed by atoms with Gasteiger partial charge in [0.15, 0.2) is 0 Å². The van der Waals surface area contributed by atoms with Crippen molar-refractivity contribution in [3.63, 3.8) is 0 Å². The van der Waals surface area contributed by atoms with Gasteiger partial charge in [0.2, 0.25) is 0 Å². The SMILES string of the molecule is C=C(C)[C@H]1CC=C(C)[C@@H](N(C(=O)OC(C)(C)C)P(=O)(OCC)OCC)C1. The van der Waals surface area contributed by atoms with E-state index in [1.807, 2.05) is 13.8 Å². The molecule has 6 nitrogen and oxygen atoms in total. The molecule has 0 spiro atoms. The standard InChI is InChI=1S/C19H34NO5P/c1-9-23-26(22,24-10-2)20(18(21)25-19(6,7)8)17-13-16(14(3)4)12-11-15(17)5/h11,16-17H,3,9-10,12-13H2,1-2,4-8H3/t16-,17-/m0/s1. The largest absolute Gasteiger partial charge is 0.443 e. The minimum Gasteiger partial charge on any atom is -0.443 e. The molecule has 0 fully saturated rings. The molecular weight excluding hydrogens is 353 g/mol. The number of amides is 1. The van der Waals surface area contributed by atoms with Gasteiger partial charge in [0.05, 0.1) is 19.3 Å². The fraction of sp³-hybridized carbons (Fsp3) is 0.737. The Kier molecular flexibility index (Phi) is 8.12. The first-order chi connectivity index (χ1) is 11.9. The average Bonchev–Trinajstić information content (AvgIpc) is 2.47. The van der Waals surface area contributed by atoms with E-state index in [9.17, 15) is 9.36 Å². The van der Waals surface area contributed by atoms with Crippen LogP contribution in [0.4, 0.5) is 4.79 Å². The van der Waals surface area contributed by atoms with Crippen LogP contribution in [0.2, 0.25) is 0 Å². The number of hydrogen-bond acceptors (Lipinski definition) is 5. The molecule has 0 aromatic carbocycles. The summed E-state index contributed by atoms with van der Waals surface area (Å²) < 4.78 is 31.2. The van der Waals surface area contributed by atoms with Gasteiger partial charge in [0.1, 0.15) is 5.60 Å². The van der Waals surface area contributed by atoms with Crippen molar-refractivity contribution >= 4 is 13.8 Å². The predicted molar refractivity (Wildman–Crippen MR) is 104 cm³/mol. The van der Waals surface area contributed by atoms with E-state index in [4.69, 9.17) is 13.8 Å². The van der Waals surface area contributed by atoms with Crippen molar-refractivity contribution in [2.24, 2.45) is 5.92 Å². The van der Waals surface area contributed by atoms with Gasteiger partial charge < -0.3 is 4.74 Å². The molecule has 2 atom stereocenters. The maximum absolute atomic E-state index is 13.5. The summed E-state index contributed by atoms with van der Waals surface area (Å²) in [4.78, 5) is 13.0. The van der Waals surface area contributed by atoms with Crippen LogP contribution in [0.5, 0.6) is 0 Å². The van der Waals surface area contributed by atoms with Crippen LogP contribution in [-0.2, 0) is 18.3 Å². The third-order valence-electron chi connectivity index (χ3n) is 4.18. The lowest BCUT2D eigenvalue weighted by molar-refractivity contribution is 0.0256. The van der Waals surface area contributed by atoms with Gasteiger partial charge in [-0.25, -0.2) is 14.0 Å². The fourth-order valence-electron chi connectivity index (χ4n) is 2.91. The first-order valence-corrected chi connectivity index (χ1v) is 10.7. The molecule has 150 valence electrons. The molecular formula is C19H34NO5P. The Morgan fingerprint density at radius 3 is 2.27 bits per heavy atom. The molecule has 0 aromatic rings. The van der Waals surface area contributed by atoms with Crippen LogP contribution < -0.4 is 0 Å². The lowest BCUT2D eigenvalue weighted by Gasteiger charge is -2.40. The summed E-state index contributed by atoms with van der Waals surface area (Å²) in [7, 11) is -3.85. The van der Waals surface area contributed by atoms with Gasteiger partial charge in [-0.3, -0.25) is 9.05 Å². The van der Waals surface area contributed by atoms with E-state index < -0.39 is 25.5 Å². The number of ether oxygens (including phenoxy) is 1. The number of rotatable bonds is 7. The number of carbonyl (C=O) groups excluding carboxylic acids is 1. The van der Waals surface area contributed by atoms with Crippen molar-refractivity contribution in [2.45, 2.75) is 73.0 Å². The van der Waals surface area contributed by atoms with Crippen LogP contribution in [0.1, 0.15) is 61.3 Å². The Hall–Kier alpha value is -1.10. The molecule has 0 heterocycles. The Morgan fingerprint density at radius 2 is 1.85 bits per heavy atom. The first kappa shape index (κ1) is 22.9. The maximum Gasteiger partial charge on any atom is 0.440 e. The summed E-state index contributed by atoms with van der Waals surface area (Å²) in [6, 6.07) is -0.427. The van der Waals surface area contributed by atoms with Gasteiger partial charge in [-0.05, 0) is 67.2 Å². The topological polar surface area (TPSA) is 65.1 Å². The highest BCUT2D eigenvalue weighted by molar-refractivity contribution is 7.52. The van der Waals surface area contributed by atoms with Crippen molar-refractivity contribution in [3.8, 4) is 0 Å². The smallest absolute Gasteiger partial charge is 0.440 e. The first-order valence-electron chi connectivity index (χ1n) is 9.19. The second-order valence-corrected chi connectivity index (χ2v) is 9.49. The third-order valence-corrected chi connectivity index (χ3v) is 6.32. The number of allylic oxidation sites excluding steroid dienone is 2. The molecule has 0 unspecified atom stereocenters. The lowest BCUT2D eigenvalue weighted by atomic mass is 9.83. The third kappa shape index (κ3) is 5.97. The fourth-order valence-corrected chi connectivity index (χ4v) is 4.74. The lowest BCUT2D eigenvalue weighted by Crippen LogP contribution is -2.44. The summed E-state index contributed by atoms with van der Waals surface area (Å²) in [6.07, 6.45) is 2.84. The molecule has 1 amide bonds. The minimum atomic E-state index is -3.85. The van der Waals surface area contributed by atoms with Crippen LogP contribution in [0, 0.1) is 5.92 Å². The Labute approximate surface area is 158 Å². The minimum absolute atomic E-state index is 0.163. The van der Waals surface area contributed by atoms with Crippen molar-refractivity contribution in [1.82, 2.24) is 4.67 Å². The van der Waals surface area contributed by atoms with Crippen LogP contribution in [-0.4, -0.2) is 35.6 Å². The molecule has 7 heteroatoms. The Bertz CT molecular complexity index is 583. The van der Waals surface area contributed by atoms with E-state index in [-0.39, 0.29) is 19.1 Å². The highest BCUT2D eigenvalue weighted by Gasteiger charge is 2.46. The highest BCUT2D eigenvalue weighted by atomic mass is 31.2. The van der Waals surface area contributed by atoms with Crippen molar-refractivity contribution in [3.05, 3.63) is 23.8 Å². The van der Waals surface area contributed by atoms with Gasteiger partial charge in [-0.15, -0.1) is 0 Å². The molecule has 1 rings (SSSR count). The molecule has 0 bridgehead atoms. The molecule has 0 aliphatic heterocycles. The Balaban J connectivity index is 3.36. The van der Waals surface area contributed by atoms with E-state index in [2.05, 4.69) is 12.7 Å². The van der Waals surface area contributed by atoms with Crippen LogP contribution >= 0.6 is 7.75 Å². The van der Waals surface area contributed by atoms with E-state index >= 15 is 0 Å². The number of hydrogen-bond donors (Lipinski definition) is 0. The summed E-state index contributed by atoms with van der Waals surface area (Å²) in [5, 5.41) is 0. The van der Waals surface area contributed by atoms with Gasteiger partial charge >= 0.3 is 13.8 Å². The molecule has 0 saturated carbocycles. The van der Waals surface area contributed by atoms with E-state index in [1.54, 1.807) is 34.6 Å². The number of nitrogens with zero attached hydrogens (tertiary/aromatic N) is 1. The maximum atomic E-state index is 13.5. The summed E-state index contributed by atoms with van der Waals surface area (Å²) in [6.45, 7) is 17.0. The van der Waals surface area contributed by atoms with Gasteiger partial charge in [0.25, 0.3) is 0 Å². The summed E-state index contributed by atoms with van der Waals surface area (Å²) in [5.74, 6) is 0.199. The van der Waals surface area contributed by atoms with Crippen molar-refractivity contribution in [2.75, 3.05) is 13.2 Å². The zero-order valence-electron chi connectivity index (χ0n) is 17.2. The molecule has 0 aromatic heterocycles. The quantitative estimate of drug-likeness (QED) is 0.414. The average molecular weight is 387 g/mol. The summed E-state index contributed by atoms with van der Waals surface area (Å²) in [5.41, 5.74) is 1.26. The van der Waals surface area contributed by atoms with Crippen molar-refractivity contribution < 1.29 is 23.1 Å². The zero-order valence-corrected chi connectivity index (χ0v) is 18.1. The Morgan fingerprint density at radius 1 is 1.31 bits per heavy atom. The monoisotopic (exact) mass is 387 g/mol. The molecule has 0 N–H and O–H groups in total. The predicted octanol–water partition coefficient (Wildman–Crippen LogP) is 5.71. The van der Waals surface area contributed by atoms with Gasteiger partial charge in [0, 0.05) is 0 Å². The van der Waals surface area contributed by atoms with Gasteiger partial charge in [-0.1, -0.05) is 23.8 Å². The van der Waals surface area contributed by atoms with Crippen LogP contribution in [0.15, 0.2) is 23.8 Å². The molecule has 26 heavy (non-hydrogen) atoms. The molecule has 1 aliphatic carbocycles. The molecule has 0 radical (unpaired) electrons. The number of carbonyl (C=O) groups is 1. The second-order valence-electron chi connectivity index (χ2n) is 7.61. The van der Waals surface area contributed by atoms with E-state index in [0.29, 0.717) is 6.42 Å². The second kappa shape index (κ2) is 9.20. The zero-order chi connectivity index (χ0) is 20.1. The van der Waals surface area contributed by atoms with E-state index in [0.717, 1.165) is 17.6 Å². The van der Waals surface area contributed by atoms with Crippen molar-refractivity contribution in [1.29, 1.82) is 0 Å². The molecule has 1 aliphatic rings. The normalized spacial score (nSPS) is 21.1. The highest BCUT2D eigenvalue weighted by Crippen LogP contribution is 2.56. The molecule has 0 saturated heterocycles. The van der Waals surface area contributed by atoms with Gasteiger partial charge in [-0.2, -0.15) is 0 Å². The van der Waals surface area contributed by atoms with E-state index in [1.165, 1.54) is 4.67 Å². The van der Waals surface area contributed by atoms with Crippen LogP contribution in [0.25, 0.3) is 0 Å². The van der Waals surface area contributed by atoms with Crippen LogP contribution in [0.3, 0.4) is 0 Å².